The number of methoxy groups -OCH3 is 1. The first-order valence-corrected chi connectivity index (χ1v) is 6.42. The highest BCUT2D eigenvalue weighted by Crippen LogP contribution is 2.24. The molecule has 4 nitrogen and oxygen atoms in total. The van der Waals surface area contributed by atoms with E-state index in [9.17, 15) is 0 Å². The van der Waals surface area contributed by atoms with Gasteiger partial charge in [0.15, 0.2) is 0 Å². The maximum absolute atomic E-state index is 6.08. The van der Waals surface area contributed by atoms with E-state index < -0.39 is 0 Å². The Balaban J connectivity index is 2.67. The molecular weight excluding hydrogens is 228 g/mol. The number of hydrogen-bond donors (Lipinski definition) is 1. The largest absolute Gasteiger partial charge is 0.496 e. The minimum Gasteiger partial charge on any atom is -0.496 e. The van der Waals surface area contributed by atoms with Gasteiger partial charge in [-0.3, -0.25) is 4.98 Å². The molecule has 0 radical (unpaired) electrons. The van der Waals surface area contributed by atoms with Gasteiger partial charge in [0, 0.05) is 48.7 Å². The summed E-state index contributed by atoms with van der Waals surface area (Å²) in [6.45, 7) is 7.46. The Labute approximate surface area is 110 Å². The van der Waals surface area contributed by atoms with Crippen LogP contribution >= 0.6 is 0 Å². The van der Waals surface area contributed by atoms with Gasteiger partial charge in [0.25, 0.3) is 0 Å². The summed E-state index contributed by atoms with van der Waals surface area (Å²) in [5.41, 5.74) is 9.24. The van der Waals surface area contributed by atoms with Gasteiger partial charge in [-0.25, -0.2) is 0 Å². The number of nitrogens with zero attached hydrogens (tertiary/aromatic N) is 1. The van der Waals surface area contributed by atoms with Crippen molar-refractivity contribution in [3.8, 4) is 5.75 Å². The van der Waals surface area contributed by atoms with Gasteiger partial charge in [0.1, 0.15) is 5.75 Å². The van der Waals surface area contributed by atoms with Gasteiger partial charge in [0.05, 0.1) is 7.11 Å². The summed E-state index contributed by atoms with van der Waals surface area (Å²) in [7, 11) is 1.69. The smallest absolute Gasteiger partial charge is 0.128 e. The predicted molar refractivity (Wildman–Crippen MR) is 73.1 cm³/mol. The molecule has 0 bridgehead atoms. The van der Waals surface area contributed by atoms with Gasteiger partial charge >= 0.3 is 0 Å². The van der Waals surface area contributed by atoms with Crippen LogP contribution in [-0.2, 0) is 11.2 Å². The van der Waals surface area contributed by atoms with Crippen molar-refractivity contribution in [2.24, 2.45) is 5.73 Å². The van der Waals surface area contributed by atoms with E-state index in [4.69, 9.17) is 15.2 Å². The van der Waals surface area contributed by atoms with Crippen LogP contribution in [0.4, 0.5) is 0 Å². The lowest BCUT2D eigenvalue weighted by molar-refractivity contribution is 0.140. The number of pyridine rings is 1. The molecular formula is C14H24N2O2. The first-order chi connectivity index (χ1) is 8.60. The Morgan fingerprint density at radius 1 is 1.39 bits per heavy atom. The van der Waals surface area contributed by atoms with Crippen molar-refractivity contribution >= 4 is 0 Å². The first kappa shape index (κ1) is 14.9. The number of ether oxygens (including phenoxy) is 2. The fourth-order valence-electron chi connectivity index (χ4n) is 2.01. The van der Waals surface area contributed by atoms with Crippen LogP contribution in [0.3, 0.4) is 0 Å². The van der Waals surface area contributed by atoms with Crippen LogP contribution in [0.1, 0.15) is 30.2 Å². The topological polar surface area (TPSA) is 57.4 Å². The Hall–Kier alpha value is -1.13. The average molecular weight is 252 g/mol. The zero-order valence-corrected chi connectivity index (χ0v) is 11.8. The van der Waals surface area contributed by atoms with Crippen molar-refractivity contribution in [3.63, 3.8) is 0 Å². The summed E-state index contributed by atoms with van der Waals surface area (Å²) in [4.78, 5) is 4.45. The van der Waals surface area contributed by atoms with Crippen LogP contribution in [0.25, 0.3) is 0 Å². The molecule has 0 saturated carbocycles. The van der Waals surface area contributed by atoms with Crippen LogP contribution in [-0.4, -0.2) is 31.3 Å². The molecule has 1 atom stereocenters. The minimum atomic E-state index is 0.0789. The Morgan fingerprint density at radius 2 is 2.11 bits per heavy atom. The lowest BCUT2D eigenvalue weighted by Gasteiger charge is -2.15. The molecule has 0 aliphatic rings. The molecule has 4 heteroatoms. The van der Waals surface area contributed by atoms with E-state index in [0.29, 0.717) is 6.61 Å². The quantitative estimate of drug-likeness (QED) is 0.754. The van der Waals surface area contributed by atoms with Crippen molar-refractivity contribution in [2.45, 2.75) is 39.7 Å². The number of rotatable bonds is 7. The van der Waals surface area contributed by atoms with Crippen molar-refractivity contribution in [2.75, 3.05) is 20.3 Å². The number of nitrogens with two attached hydrogens (primary N) is 1. The van der Waals surface area contributed by atoms with Crippen molar-refractivity contribution in [1.82, 2.24) is 4.98 Å². The number of hydrogen-bond acceptors (Lipinski definition) is 4. The molecule has 1 aromatic rings. The van der Waals surface area contributed by atoms with Gasteiger partial charge in [-0.1, -0.05) is 0 Å². The van der Waals surface area contributed by atoms with Gasteiger partial charge < -0.3 is 15.2 Å². The second-order valence-corrected chi connectivity index (χ2v) is 4.50. The van der Waals surface area contributed by atoms with E-state index in [2.05, 4.69) is 4.98 Å². The maximum atomic E-state index is 6.08. The van der Waals surface area contributed by atoms with Gasteiger partial charge in [0.2, 0.25) is 0 Å². The summed E-state index contributed by atoms with van der Waals surface area (Å²) < 4.78 is 10.7. The second-order valence-electron chi connectivity index (χ2n) is 4.50. The van der Waals surface area contributed by atoms with Crippen LogP contribution in [0.5, 0.6) is 5.75 Å². The van der Waals surface area contributed by atoms with Gasteiger partial charge in [-0.2, -0.15) is 0 Å². The molecule has 18 heavy (non-hydrogen) atoms. The van der Waals surface area contributed by atoms with Gasteiger partial charge in [-0.15, -0.1) is 0 Å². The third kappa shape index (κ3) is 3.96. The molecule has 1 rings (SSSR count). The van der Waals surface area contributed by atoms with Crippen LogP contribution in [0, 0.1) is 13.8 Å². The highest BCUT2D eigenvalue weighted by Gasteiger charge is 2.12. The van der Waals surface area contributed by atoms with E-state index in [1.807, 2.05) is 27.0 Å². The molecule has 1 unspecified atom stereocenters. The monoisotopic (exact) mass is 252 g/mol. The molecule has 0 saturated heterocycles. The normalized spacial score (nSPS) is 12.5. The summed E-state index contributed by atoms with van der Waals surface area (Å²) >= 11 is 0. The molecule has 1 heterocycles. The highest BCUT2D eigenvalue weighted by molar-refractivity contribution is 5.41. The highest BCUT2D eigenvalue weighted by atomic mass is 16.5. The Bertz CT molecular complexity index is 380. The zero-order valence-electron chi connectivity index (χ0n) is 11.8. The fourth-order valence-corrected chi connectivity index (χ4v) is 2.01. The van der Waals surface area contributed by atoms with Crippen LogP contribution < -0.4 is 10.5 Å². The molecule has 1 aromatic heterocycles. The third-order valence-corrected chi connectivity index (χ3v) is 3.04. The lowest BCUT2D eigenvalue weighted by atomic mass is 10.0. The first-order valence-electron chi connectivity index (χ1n) is 6.42. The summed E-state index contributed by atoms with van der Waals surface area (Å²) in [6.07, 6.45) is 3.46. The van der Waals surface area contributed by atoms with Crippen molar-refractivity contribution in [3.05, 3.63) is 23.0 Å². The van der Waals surface area contributed by atoms with Crippen molar-refractivity contribution < 1.29 is 9.47 Å². The molecule has 0 aliphatic carbocycles. The molecule has 102 valence electrons. The molecule has 2 N–H and O–H groups in total. The molecule has 0 spiro atoms. The summed E-state index contributed by atoms with van der Waals surface area (Å²) in [5, 5.41) is 0. The summed E-state index contributed by atoms with van der Waals surface area (Å²) in [6, 6.07) is 0.0789. The van der Waals surface area contributed by atoms with Gasteiger partial charge in [-0.05, 0) is 27.2 Å². The Kier molecular flexibility index (Phi) is 6.09. The van der Waals surface area contributed by atoms with E-state index in [1.54, 1.807) is 7.11 Å². The molecule has 0 fully saturated rings. The summed E-state index contributed by atoms with van der Waals surface area (Å²) in [5.74, 6) is 0.914. The number of aromatic nitrogens is 1. The third-order valence-electron chi connectivity index (χ3n) is 3.04. The van der Waals surface area contributed by atoms with E-state index in [0.717, 1.165) is 42.0 Å². The SMILES string of the molecule is CCOCCC(N)Cc1ncc(C)c(OC)c1C. The molecule has 0 aliphatic heterocycles. The van der Waals surface area contributed by atoms with E-state index in [-0.39, 0.29) is 6.04 Å². The van der Waals surface area contributed by atoms with E-state index >= 15 is 0 Å². The predicted octanol–water partition coefficient (Wildman–Crippen LogP) is 2.00. The van der Waals surface area contributed by atoms with Crippen LogP contribution in [0.2, 0.25) is 0 Å². The lowest BCUT2D eigenvalue weighted by Crippen LogP contribution is -2.25. The van der Waals surface area contributed by atoms with E-state index in [1.165, 1.54) is 0 Å². The molecule has 0 aromatic carbocycles. The van der Waals surface area contributed by atoms with Crippen molar-refractivity contribution in [1.29, 1.82) is 0 Å². The minimum absolute atomic E-state index is 0.0789. The second kappa shape index (κ2) is 7.34. The fraction of sp³-hybridized carbons (Fsp3) is 0.643. The Morgan fingerprint density at radius 3 is 2.72 bits per heavy atom. The molecule has 0 amide bonds. The van der Waals surface area contributed by atoms with Crippen LogP contribution in [0.15, 0.2) is 6.20 Å². The maximum Gasteiger partial charge on any atom is 0.128 e. The zero-order chi connectivity index (χ0) is 13.5. The average Bonchev–Trinajstić information content (AvgIpc) is 2.34. The standard InChI is InChI=1S/C14H24N2O2/c1-5-18-7-6-12(15)8-13-11(3)14(17-4)10(2)9-16-13/h9,12H,5-8,15H2,1-4H3. The number of aryl methyl sites for hydroxylation is 1.